The quantitative estimate of drug-likeness (QED) is 0.852. The summed E-state index contributed by atoms with van der Waals surface area (Å²) in [7, 11) is 0. The van der Waals surface area contributed by atoms with E-state index in [-0.39, 0.29) is 18.2 Å². The van der Waals surface area contributed by atoms with Crippen LogP contribution in [0.3, 0.4) is 0 Å². The second-order valence-electron chi connectivity index (χ2n) is 2.91. The fourth-order valence-electron chi connectivity index (χ4n) is 1.24. The van der Waals surface area contributed by atoms with Gasteiger partial charge in [0.05, 0.1) is 5.69 Å². The molecule has 80 valence electrons. The first-order valence-corrected chi connectivity index (χ1v) is 4.31. The van der Waals surface area contributed by atoms with Crippen LogP contribution in [-0.2, 0) is 6.54 Å². The second kappa shape index (κ2) is 4.91. The highest BCUT2D eigenvalue weighted by Crippen LogP contribution is 2.11. The van der Waals surface area contributed by atoms with Gasteiger partial charge in [-0.15, -0.1) is 12.4 Å². The molecule has 0 atom stereocenters. The zero-order chi connectivity index (χ0) is 9.97. The monoisotopic (exact) mass is 227 g/mol. The van der Waals surface area contributed by atoms with Gasteiger partial charge in [-0.25, -0.2) is 9.07 Å². The number of rotatable bonds is 2. The number of benzene rings is 1. The average molecular weight is 228 g/mol. The molecule has 2 N–H and O–H groups in total. The van der Waals surface area contributed by atoms with Gasteiger partial charge in [-0.2, -0.15) is 5.10 Å². The van der Waals surface area contributed by atoms with Crippen molar-refractivity contribution in [2.45, 2.75) is 6.54 Å². The van der Waals surface area contributed by atoms with Crippen LogP contribution in [0.15, 0.2) is 36.5 Å². The van der Waals surface area contributed by atoms with E-state index in [9.17, 15) is 4.39 Å². The van der Waals surface area contributed by atoms with Crippen molar-refractivity contribution in [1.82, 2.24) is 9.78 Å². The van der Waals surface area contributed by atoms with Gasteiger partial charge in [0.2, 0.25) is 0 Å². The maximum Gasteiger partial charge on any atom is 0.148 e. The van der Waals surface area contributed by atoms with Crippen LogP contribution in [-0.4, -0.2) is 9.78 Å². The Hall–Kier alpha value is -1.39. The molecule has 0 bridgehead atoms. The van der Waals surface area contributed by atoms with E-state index in [2.05, 4.69) is 5.10 Å². The molecule has 2 aromatic rings. The van der Waals surface area contributed by atoms with Crippen LogP contribution in [0.25, 0.3) is 5.69 Å². The van der Waals surface area contributed by atoms with Crippen LogP contribution in [0.2, 0.25) is 0 Å². The van der Waals surface area contributed by atoms with Crippen LogP contribution in [0, 0.1) is 5.82 Å². The fourth-order valence-corrected chi connectivity index (χ4v) is 1.24. The molecule has 1 aromatic heterocycles. The second-order valence-corrected chi connectivity index (χ2v) is 2.91. The Kier molecular flexibility index (Phi) is 3.82. The summed E-state index contributed by atoms with van der Waals surface area (Å²) < 4.78 is 14.8. The number of nitrogens with two attached hydrogens (primary N) is 1. The lowest BCUT2D eigenvalue weighted by Crippen LogP contribution is -2.01. The van der Waals surface area contributed by atoms with Gasteiger partial charge < -0.3 is 5.73 Å². The van der Waals surface area contributed by atoms with E-state index in [4.69, 9.17) is 5.73 Å². The van der Waals surface area contributed by atoms with Crippen LogP contribution < -0.4 is 5.73 Å². The zero-order valence-electron chi connectivity index (χ0n) is 7.93. The Bertz CT molecular complexity index is 442. The lowest BCUT2D eigenvalue weighted by molar-refractivity contribution is 0.609. The Morgan fingerprint density at radius 1 is 1.27 bits per heavy atom. The minimum absolute atomic E-state index is 0. The molecule has 15 heavy (non-hydrogen) atoms. The number of aromatic nitrogens is 2. The molecule has 2 rings (SSSR count). The third-order valence-corrected chi connectivity index (χ3v) is 1.95. The van der Waals surface area contributed by atoms with Gasteiger partial charge in [-0.1, -0.05) is 12.1 Å². The SMILES string of the molecule is Cl.NCc1ccn(-c2ccccc2F)n1. The van der Waals surface area contributed by atoms with Crippen molar-refractivity contribution >= 4 is 12.4 Å². The molecule has 0 aliphatic heterocycles. The van der Waals surface area contributed by atoms with Crippen molar-refractivity contribution in [3.8, 4) is 5.69 Å². The molecular weight excluding hydrogens is 217 g/mol. The van der Waals surface area contributed by atoms with E-state index in [1.165, 1.54) is 10.7 Å². The summed E-state index contributed by atoms with van der Waals surface area (Å²) in [5, 5.41) is 4.11. The molecule has 0 unspecified atom stereocenters. The summed E-state index contributed by atoms with van der Waals surface area (Å²) in [4.78, 5) is 0. The third-order valence-electron chi connectivity index (χ3n) is 1.95. The number of halogens is 2. The maximum absolute atomic E-state index is 13.3. The molecule has 0 saturated carbocycles. The van der Waals surface area contributed by atoms with Crippen molar-refractivity contribution < 1.29 is 4.39 Å². The molecule has 0 amide bonds. The van der Waals surface area contributed by atoms with E-state index in [1.54, 1.807) is 30.5 Å². The van der Waals surface area contributed by atoms with E-state index >= 15 is 0 Å². The highest BCUT2D eigenvalue weighted by atomic mass is 35.5. The maximum atomic E-state index is 13.3. The molecule has 0 radical (unpaired) electrons. The van der Waals surface area contributed by atoms with E-state index in [0.29, 0.717) is 12.2 Å². The van der Waals surface area contributed by atoms with E-state index in [1.807, 2.05) is 0 Å². The van der Waals surface area contributed by atoms with Crippen LogP contribution in [0.4, 0.5) is 4.39 Å². The van der Waals surface area contributed by atoms with Crippen molar-refractivity contribution in [2.75, 3.05) is 0 Å². The first-order chi connectivity index (χ1) is 6.81. The normalized spacial score (nSPS) is 9.73. The summed E-state index contributed by atoms with van der Waals surface area (Å²) in [6.45, 7) is 0.363. The molecule has 0 spiro atoms. The minimum atomic E-state index is -0.292. The zero-order valence-corrected chi connectivity index (χ0v) is 8.75. The number of nitrogens with zero attached hydrogens (tertiary/aromatic N) is 2. The lowest BCUT2D eigenvalue weighted by Gasteiger charge is -2.01. The highest BCUT2D eigenvalue weighted by Gasteiger charge is 2.04. The van der Waals surface area contributed by atoms with Gasteiger partial charge in [0.25, 0.3) is 0 Å². The predicted octanol–water partition coefficient (Wildman–Crippen LogP) is 1.89. The summed E-state index contributed by atoms with van der Waals surface area (Å²) in [5.41, 5.74) is 6.59. The van der Waals surface area contributed by atoms with Crippen molar-refractivity contribution in [3.05, 3.63) is 48.0 Å². The first-order valence-electron chi connectivity index (χ1n) is 4.31. The summed E-state index contributed by atoms with van der Waals surface area (Å²) >= 11 is 0. The van der Waals surface area contributed by atoms with Gasteiger partial charge in [0.1, 0.15) is 11.5 Å². The molecule has 5 heteroatoms. The molecule has 0 aliphatic carbocycles. The Morgan fingerprint density at radius 2 is 2.00 bits per heavy atom. The Labute approximate surface area is 93.1 Å². The molecule has 3 nitrogen and oxygen atoms in total. The van der Waals surface area contributed by atoms with Gasteiger partial charge in [-0.3, -0.25) is 0 Å². The number of hydrogen-bond donors (Lipinski definition) is 1. The Balaban J connectivity index is 0.00000112. The molecular formula is C10H11ClFN3. The number of para-hydroxylation sites is 1. The molecule has 1 heterocycles. The Morgan fingerprint density at radius 3 is 2.60 bits per heavy atom. The van der Waals surface area contributed by atoms with Crippen molar-refractivity contribution in [1.29, 1.82) is 0 Å². The van der Waals surface area contributed by atoms with E-state index < -0.39 is 0 Å². The van der Waals surface area contributed by atoms with Crippen LogP contribution >= 0.6 is 12.4 Å². The number of hydrogen-bond acceptors (Lipinski definition) is 2. The molecule has 1 aromatic carbocycles. The standard InChI is InChI=1S/C10H10FN3.ClH/c11-9-3-1-2-4-10(9)14-6-5-8(7-12)13-14;/h1-6H,7,12H2;1H. The highest BCUT2D eigenvalue weighted by molar-refractivity contribution is 5.85. The lowest BCUT2D eigenvalue weighted by atomic mass is 10.3. The summed E-state index contributed by atoms with van der Waals surface area (Å²) in [6, 6.07) is 8.25. The van der Waals surface area contributed by atoms with Crippen LogP contribution in [0.1, 0.15) is 5.69 Å². The summed E-state index contributed by atoms with van der Waals surface area (Å²) in [6.07, 6.45) is 1.70. The molecule has 0 fully saturated rings. The molecule has 0 aliphatic rings. The van der Waals surface area contributed by atoms with Gasteiger partial charge in [0, 0.05) is 12.7 Å². The van der Waals surface area contributed by atoms with Gasteiger partial charge >= 0.3 is 0 Å². The minimum Gasteiger partial charge on any atom is -0.325 e. The fraction of sp³-hybridized carbons (Fsp3) is 0.100. The smallest absolute Gasteiger partial charge is 0.148 e. The third kappa shape index (κ3) is 2.34. The van der Waals surface area contributed by atoms with Gasteiger partial charge in [-0.05, 0) is 18.2 Å². The van der Waals surface area contributed by atoms with E-state index in [0.717, 1.165) is 5.69 Å². The average Bonchev–Trinajstić information content (AvgIpc) is 2.67. The van der Waals surface area contributed by atoms with Crippen LogP contribution in [0.5, 0.6) is 0 Å². The first kappa shape index (κ1) is 11.7. The summed E-state index contributed by atoms with van der Waals surface area (Å²) in [5.74, 6) is -0.292. The van der Waals surface area contributed by atoms with Crippen molar-refractivity contribution in [2.24, 2.45) is 5.73 Å². The predicted molar refractivity (Wildman–Crippen MR) is 58.7 cm³/mol. The topological polar surface area (TPSA) is 43.8 Å². The molecule has 0 saturated heterocycles. The largest absolute Gasteiger partial charge is 0.325 e. The van der Waals surface area contributed by atoms with Crippen molar-refractivity contribution in [3.63, 3.8) is 0 Å². The van der Waals surface area contributed by atoms with Gasteiger partial charge in [0.15, 0.2) is 0 Å².